The van der Waals surface area contributed by atoms with Crippen molar-refractivity contribution in [1.82, 2.24) is 4.98 Å². The molecule has 0 bridgehead atoms. The van der Waals surface area contributed by atoms with Crippen molar-refractivity contribution >= 4 is 38.4 Å². The Balaban J connectivity index is 1.92. The summed E-state index contributed by atoms with van der Waals surface area (Å²) in [6, 6.07) is 16.4. The van der Waals surface area contributed by atoms with Gasteiger partial charge in [-0.15, -0.1) is 0 Å². The number of fused-ring (bicyclic) bond motifs is 1. The maximum Gasteiger partial charge on any atom is 0.0457 e. The first-order chi connectivity index (χ1) is 8.70. The van der Waals surface area contributed by atoms with Gasteiger partial charge in [-0.05, 0) is 42.0 Å². The van der Waals surface area contributed by atoms with Gasteiger partial charge >= 0.3 is 0 Å². The van der Waals surface area contributed by atoms with Crippen LogP contribution in [0.15, 0.2) is 53.0 Å². The molecule has 0 saturated heterocycles. The molecule has 1 nitrogen and oxygen atoms in total. The number of hydrogen-bond acceptors (Lipinski definition) is 0. The van der Waals surface area contributed by atoms with Crippen molar-refractivity contribution in [3.63, 3.8) is 0 Å². The summed E-state index contributed by atoms with van der Waals surface area (Å²) in [4.78, 5) is 3.42. The molecule has 0 aliphatic heterocycles. The van der Waals surface area contributed by atoms with Crippen molar-refractivity contribution < 1.29 is 0 Å². The molecule has 0 fully saturated rings. The predicted octanol–water partition coefficient (Wildman–Crippen LogP) is 5.17. The Kier molecular flexibility index (Phi) is 3.14. The number of aromatic amines is 1. The minimum absolute atomic E-state index is 0.775. The molecule has 18 heavy (non-hydrogen) atoms. The highest BCUT2D eigenvalue weighted by Crippen LogP contribution is 2.22. The number of benzene rings is 2. The van der Waals surface area contributed by atoms with Crippen LogP contribution in [0, 0.1) is 0 Å². The first-order valence-electron chi connectivity index (χ1n) is 5.72. The standard InChI is InChI=1S/C15H11BrClN/c16-12-3-1-10(2-4-12)7-14-9-11-8-13(17)5-6-15(11)18-14/h1-6,8-9,18H,7H2. The fourth-order valence-corrected chi connectivity index (χ4v) is 2.53. The highest BCUT2D eigenvalue weighted by molar-refractivity contribution is 9.10. The van der Waals surface area contributed by atoms with E-state index < -0.39 is 0 Å². The largest absolute Gasteiger partial charge is 0.358 e. The average Bonchev–Trinajstić information content (AvgIpc) is 2.73. The van der Waals surface area contributed by atoms with Crippen LogP contribution >= 0.6 is 27.5 Å². The van der Waals surface area contributed by atoms with Crippen LogP contribution in [0.2, 0.25) is 5.02 Å². The van der Waals surface area contributed by atoms with Crippen LogP contribution in [-0.2, 0) is 6.42 Å². The van der Waals surface area contributed by atoms with E-state index in [1.807, 2.05) is 18.2 Å². The maximum atomic E-state index is 5.99. The zero-order valence-corrected chi connectivity index (χ0v) is 11.9. The van der Waals surface area contributed by atoms with Gasteiger partial charge in [0, 0.05) is 32.5 Å². The molecule has 0 spiro atoms. The van der Waals surface area contributed by atoms with Gasteiger partial charge in [0.25, 0.3) is 0 Å². The van der Waals surface area contributed by atoms with Crippen molar-refractivity contribution in [2.24, 2.45) is 0 Å². The molecule has 0 radical (unpaired) electrons. The third-order valence-corrected chi connectivity index (χ3v) is 3.71. The topological polar surface area (TPSA) is 15.8 Å². The van der Waals surface area contributed by atoms with Crippen molar-refractivity contribution in [2.75, 3.05) is 0 Å². The molecule has 1 N–H and O–H groups in total. The Labute approximate surface area is 119 Å². The number of aromatic nitrogens is 1. The zero-order valence-electron chi connectivity index (χ0n) is 9.58. The molecule has 1 heterocycles. The lowest BCUT2D eigenvalue weighted by molar-refractivity contribution is 1.12. The summed E-state index contributed by atoms with van der Waals surface area (Å²) in [7, 11) is 0. The fraction of sp³-hybridized carbons (Fsp3) is 0.0667. The second kappa shape index (κ2) is 4.79. The van der Waals surface area contributed by atoms with E-state index in [-0.39, 0.29) is 0 Å². The van der Waals surface area contributed by atoms with Crippen molar-refractivity contribution in [2.45, 2.75) is 6.42 Å². The van der Waals surface area contributed by atoms with Crippen LogP contribution in [0.5, 0.6) is 0 Å². The summed E-state index contributed by atoms with van der Waals surface area (Å²) >= 11 is 9.43. The average molecular weight is 321 g/mol. The summed E-state index contributed by atoms with van der Waals surface area (Å²) in [6.07, 6.45) is 0.902. The Hall–Kier alpha value is -1.25. The van der Waals surface area contributed by atoms with Gasteiger partial charge in [0.2, 0.25) is 0 Å². The molecule has 0 aliphatic carbocycles. The van der Waals surface area contributed by atoms with Gasteiger partial charge in [0.05, 0.1) is 0 Å². The summed E-state index contributed by atoms with van der Waals surface area (Å²) in [6.45, 7) is 0. The van der Waals surface area contributed by atoms with Gasteiger partial charge in [0.15, 0.2) is 0 Å². The van der Waals surface area contributed by atoms with Gasteiger partial charge in [-0.3, -0.25) is 0 Å². The molecule has 0 saturated carbocycles. The third-order valence-electron chi connectivity index (χ3n) is 2.95. The fourth-order valence-electron chi connectivity index (χ4n) is 2.08. The molecule has 0 amide bonds. The second-order valence-electron chi connectivity index (χ2n) is 4.33. The third kappa shape index (κ3) is 2.45. The normalized spacial score (nSPS) is 11.0. The van der Waals surface area contributed by atoms with E-state index in [0.717, 1.165) is 26.8 Å². The molecule has 3 rings (SSSR count). The van der Waals surface area contributed by atoms with Gasteiger partial charge in [0.1, 0.15) is 0 Å². The Morgan fingerprint density at radius 2 is 1.78 bits per heavy atom. The van der Waals surface area contributed by atoms with Gasteiger partial charge in [-0.1, -0.05) is 39.7 Å². The minimum Gasteiger partial charge on any atom is -0.358 e. The quantitative estimate of drug-likeness (QED) is 0.670. The molecule has 0 unspecified atom stereocenters. The number of halogens is 2. The Morgan fingerprint density at radius 1 is 1.00 bits per heavy atom. The van der Waals surface area contributed by atoms with Gasteiger partial charge < -0.3 is 4.98 Å². The van der Waals surface area contributed by atoms with Crippen LogP contribution in [-0.4, -0.2) is 4.98 Å². The predicted molar refractivity (Wildman–Crippen MR) is 80.3 cm³/mol. The molecule has 2 aromatic carbocycles. The molecule has 3 aromatic rings. The van der Waals surface area contributed by atoms with E-state index in [1.165, 1.54) is 11.3 Å². The van der Waals surface area contributed by atoms with Gasteiger partial charge in [-0.25, -0.2) is 0 Å². The molecular formula is C15H11BrClN. The smallest absolute Gasteiger partial charge is 0.0457 e. The first-order valence-corrected chi connectivity index (χ1v) is 6.89. The van der Waals surface area contributed by atoms with Crippen LogP contribution in [0.4, 0.5) is 0 Å². The number of hydrogen-bond donors (Lipinski definition) is 1. The van der Waals surface area contributed by atoms with Crippen LogP contribution in [0.3, 0.4) is 0 Å². The Bertz CT molecular complexity index is 685. The monoisotopic (exact) mass is 319 g/mol. The molecule has 1 aromatic heterocycles. The number of nitrogens with one attached hydrogen (secondary N) is 1. The van der Waals surface area contributed by atoms with E-state index in [1.54, 1.807) is 0 Å². The van der Waals surface area contributed by atoms with Gasteiger partial charge in [-0.2, -0.15) is 0 Å². The van der Waals surface area contributed by atoms with Crippen LogP contribution < -0.4 is 0 Å². The number of rotatable bonds is 2. The first kappa shape index (κ1) is 11.8. The summed E-state index contributed by atoms with van der Waals surface area (Å²) in [5.41, 5.74) is 3.62. The summed E-state index contributed by atoms with van der Waals surface area (Å²) < 4.78 is 1.11. The minimum atomic E-state index is 0.775. The van der Waals surface area contributed by atoms with Crippen LogP contribution in [0.1, 0.15) is 11.3 Å². The van der Waals surface area contributed by atoms with Crippen LogP contribution in [0.25, 0.3) is 10.9 Å². The molecule has 90 valence electrons. The van der Waals surface area contributed by atoms with Crippen molar-refractivity contribution in [1.29, 1.82) is 0 Å². The second-order valence-corrected chi connectivity index (χ2v) is 5.68. The lowest BCUT2D eigenvalue weighted by Gasteiger charge is -1.99. The Morgan fingerprint density at radius 3 is 2.56 bits per heavy atom. The van der Waals surface area contributed by atoms with E-state index >= 15 is 0 Å². The highest BCUT2D eigenvalue weighted by atomic mass is 79.9. The SMILES string of the molecule is Clc1ccc2[nH]c(Cc3ccc(Br)cc3)cc2c1. The van der Waals surface area contributed by atoms with Crippen molar-refractivity contribution in [3.8, 4) is 0 Å². The van der Waals surface area contributed by atoms with E-state index in [9.17, 15) is 0 Å². The summed E-state index contributed by atoms with van der Waals surface area (Å²) in [5.74, 6) is 0. The molecular weight excluding hydrogens is 310 g/mol. The summed E-state index contributed by atoms with van der Waals surface area (Å²) in [5, 5.41) is 1.94. The number of H-pyrrole nitrogens is 1. The zero-order chi connectivity index (χ0) is 12.5. The lowest BCUT2D eigenvalue weighted by Crippen LogP contribution is -1.87. The highest BCUT2D eigenvalue weighted by Gasteiger charge is 2.02. The van der Waals surface area contributed by atoms with E-state index in [0.29, 0.717) is 0 Å². The van der Waals surface area contributed by atoms with E-state index in [4.69, 9.17) is 11.6 Å². The maximum absolute atomic E-state index is 5.99. The molecule has 0 aliphatic rings. The van der Waals surface area contributed by atoms with E-state index in [2.05, 4.69) is 51.2 Å². The molecule has 3 heteroatoms. The lowest BCUT2D eigenvalue weighted by atomic mass is 10.1. The van der Waals surface area contributed by atoms with Crippen molar-refractivity contribution in [3.05, 3.63) is 69.3 Å². The molecule has 0 atom stereocenters.